The molecule has 0 aliphatic rings. The number of anilines is 1. The van der Waals surface area contributed by atoms with Gasteiger partial charge in [0.15, 0.2) is 5.69 Å². The molecular weight excluding hydrogens is 275 g/mol. The van der Waals surface area contributed by atoms with Crippen LogP contribution in [0.5, 0.6) is 0 Å². The normalized spacial score (nSPS) is 11.2. The van der Waals surface area contributed by atoms with Crippen molar-refractivity contribution in [2.45, 2.75) is 6.18 Å². The minimum absolute atomic E-state index is 0.0660. The minimum atomic E-state index is -4.61. The van der Waals surface area contributed by atoms with Gasteiger partial charge in [-0.1, -0.05) is 0 Å². The third-order valence-electron chi connectivity index (χ3n) is 2.25. The lowest BCUT2D eigenvalue weighted by Crippen LogP contribution is -2.18. The molecule has 10 heteroatoms. The number of hydrogen-bond donors (Lipinski definition) is 0. The predicted octanol–water partition coefficient (Wildman–Crippen LogP) is 1.01. The predicted molar refractivity (Wildman–Crippen MR) is 61.0 cm³/mol. The monoisotopic (exact) mass is 283 g/mol. The molecular formula is C10H8F3N7. The van der Waals surface area contributed by atoms with E-state index in [4.69, 9.17) is 5.26 Å². The molecule has 0 N–H and O–H groups in total. The van der Waals surface area contributed by atoms with Crippen molar-refractivity contribution in [1.29, 1.82) is 5.26 Å². The summed E-state index contributed by atoms with van der Waals surface area (Å²) in [5.74, 6) is -0.425. The van der Waals surface area contributed by atoms with Crippen LogP contribution >= 0.6 is 0 Å². The van der Waals surface area contributed by atoms with Gasteiger partial charge < -0.3 is 4.90 Å². The van der Waals surface area contributed by atoms with Crippen LogP contribution in [0.1, 0.15) is 11.5 Å². The average molecular weight is 283 g/mol. The Kier molecular flexibility index (Phi) is 3.27. The lowest BCUT2D eigenvalue weighted by atomic mass is 10.3. The molecule has 20 heavy (non-hydrogen) atoms. The second kappa shape index (κ2) is 4.76. The molecule has 0 spiro atoms. The molecule has 2 heterocycles. The summed E-state index contributed by atoms with van der Waals surface area (Å²) < 4.78 is 39.3. The van der Waals surface area contributed by atoms with Crippen molar-refractivity contribution >= 4 is 5.82 Å². The maximum absolute atomic E-state index is 12.8. The number of rotatable bonds is 2. The van der Waals surface area contributed by atoms with Crippen molar-refractivity contribution < 1.29 is 13.2 Å². The molecule has 0 saturated heterocycles. The first kappa shape index (κ1) is 13.7. The Morgan fingerprint density at radius 3 is 2.50 bits per heavy atom. The first-order valence-corrected chi connectivity index (χ1v) is 5.27. The molecule has 2 aromatic rings. The molecule has 0 atom stereocenters. The maximum Gasteiger partial charge on any atom is 0.433 e. The Bertz CT molecular complexity index is 668. The fraction of sp³-hybridized carbons (Fsp3) is 0.300. The zero-order valence-corrected chi connectivity index (χ0v) is 10.4. The lowest BCUT2D eigenvalue weighted by molar-refractivity contribution is -0.141. The van der Waals surface area contributed by atoms with Gasteiger partial charge in [0.05, 0.1) is 0 Å². The Labute approximate surface area is 111 Å². The summed E-state index contributed by atoms with van der Waals surface area (Å²) in [6.07, 6.45) is -3.53. The summed E-state index contributed by atoms with van der Waals surface area (Å²) in [7, 11) is 3.10. The summed E-state index contributed by atoms with van der Waals surface area (Å²) in [6, 6.07) is 2.49. The standard InChI is InChI=1S/C10H8F3N7/c1-19(2)8-3-6(10(11,12)13)16-9(17-8)20-5-15-7(4-14)18-20/h3,5H,1-2H3. The molecule has 0 saturated carbocycles. The highest BCUT2D eigenvalue weighted by molar-refractivity contribution is 5.41. The second-order valence-corrected chi connectivity index (χ2v) is 3.93. The van der Waals surface area contributed by atoms with Crippen molar-refractivity contribution in [1.82, 2.24) is 24.7 Å². The van der Waals surface area contributed by atoms with Crippen LogP contribution in [0.2, 0.25) is 0 Å². The van der Waals surface area contributed by atoms with E-state index in [9.17, 15) is 13.2 Å². The first-order valence-electron chi connectivity index (χ1n) is 5.27. The van der Waals surface area contributed by atoms with Gasteiger partial charge in [0, 0.05) is 20.2 Å². The van der Waals surface area contributed by atoms with Gasteiger partial charge in [0.1, 0.15) is 18.2 Å². The van der Waals surface area contributed by atoms with Crippen LogP contribution in [0.15, 0.2) is 12.4 Å². The van der Waals surface area contributed by atoms with Gasteiger partial charge in [0.2, 0.25) is 0 Å². The van der Waals surface area contributed by atoms with Crippen molar-refractivity contribution in [3.05, 3.63) is 23.9 Å². The van der Waals surface area contributed by atoms with E-state index in [2.05, 4.69) is 20.1 Å². The molecule has 7 nitrogen and oxygen atoms in total. The van der Waals surface area contributed by atoms with Gasteiger partial charge in [-0.25, -0.2) is 9.97 Å². The third-order valence-corrected chi connectivity index (χ3v) is 2.25. The zero-order chi connectivity index (χ0) is 14.9. The smallest absolute Gasteiger partial charge is 0.363 e. The van der Waals surface area contributed by atoms with E-state index in [1.54, 1.807) is 20.2 Å². The van der Waals surface area contributed by atoms with Crippen molar-refractivity contribution in [3.63, 3.8) is 0 Å². The summed E-state index contributed by atoms with van der Waals surface area (Å²) >= 11 is 0. The highest BCUT2D eigenvalue weighted by Crippen LogP contribution is 2.29. The van der Waals surface area contributed by atoms with Crippen LogP contribution in [0.4, 0.5) is 19.0 Å². The van der Waals surface area contributed by atoms with Crippen molar-refractivity contribution in [2.24, 2.45) is 0 Å². The van der Waals surface area contributed by atoms with Crippen molar-refractivity contribution in [3.8, 4) is 12.0 Å². The van der Waals surface area contributed by atoms with Gasteiger partial charge in [-0.15, -0.1) is 5.10 Å². The SMILES string of the molecule is CN(C)c1cc(C(F)(F)F)nc(-n2cnc(C#N)n2)n1. The number of alkyl halides is 3. The quantitative estimate of drug-likeness (QED) is 0.818. The van der Waals surface area contributed by atoms with E-state index in [0.717, 1.165) is 17.1 Å². The largest absolute Gasteiger partial charge is 0.433 e. The topological polar surface area (TPSA) is 83.5 Å². The molecule has 2 rings (SSSR count). The molecule has 0 aromatic carbocycles. The summed E-state index contributed by atoms with van der Waals surface area (Å²) in [5, 5.41) is 12.3. The van der Waals surface area contributed by atoms with Gasteiger partial charge >= 0.3 is 6.18 Å². The van der Waals surface area contributed by atoms with Gasteiger partial charge in [-0.05, 0) is 0 Å². The van der Waals surface area contributed by atoms with E-state index in [-0.39, 0.29) is 17.6 Å². The summed E-state index contributed by atoms with van der Waals surface area (Å²) in [5.41, 5.74) is -1.10. The van der Waals surface area contributed by atoms with Gasteiger partial charge in [-0.3, -0.25) is 0 Å². The summed E-state index contributed by atoms with van der Waals surface area (Å²) in [6.45, 7) is 0. The fourth-order valence-electron chi connectivity index (χ4n) is 1.31. The van der Waals surface area contributed by atoms with Crippen LogP contribution in [0.25, 0.3) is 5.95 Å². The van der Waals surface area contributed by atoms with Crippen LogP contribution in [-0.4, -0.2) is 38.8 Å². The van der Waals surface area contributed by atoms with E-state index in [0.29, 0.717) is 0 Å². The van der Waals surface area contributed by atoms with E-state index in [1.165, 1.54) is 4.90 Å². The molecule has 0 aliphatic carbocycles. The van der Waals surface area contributed by atoms with Crippen LogP contribution < -0.4 is 4.90 Å². The molecule has 0 fully saturated rings. The molecule has 0 bridgehead atoms. The van der Waals surface area contributed by atoms with E-state index >= 15 is 0 Å². The zero-order valence-electron chi connectivity index (χ0n) is 10.4. The number of aromatic nitrogens is 5. The molecule has 2 aromatic heterocycles. The number of halogens is 3. The van der Waals surface area contributed by atoms with Gasteiger partial charge in [-0.2, -0.15) is 28.1 Å². The minimum Gasteiger partial charge on any atom is -0.363 e. The number of nitrogens with zero attached hydrogens (tertiary/aromatic N) is 7. The third kappa shape index (κ3) is 2.66. The maximum atomic E-state index is 12.8. The molecule has 0 amide bonds. The number of hydrogen-bond acceptors (Lipinski definition) is 6. The Hall–Kier alpha value is -2.70. The fourth-order valence-corrected chi connectivity index (χ4v) is 1.31. The average Bonchev–Trinajstić information content (AvgIpc) is 2.86. The summed E-state index contributed by atoms with van der Waals surface area (Å²) in [4.78, 5) is 12.3. The highest BCUT2D eigenvalue weighted by atomic mass is 19.4. The van der Waals surface area contributed by atoms with Crippen LogP contribution in [-0.2, 0) is 6.18 Å². The second-order valence-electron chi connectivity index (χ2n) is 3.93. The Balaban J connectivity index is 2.58. The van der Waals surface area contributed by atoms with E-state index in [1.807, 2.05) is 0 Å². The molecule has 104 valence electrons. The Morgan fingerprint density at radius 2 is 2.00 bits per heavy atom. The van der Waals surface area contributed by atoms with E-state index < -0.39 is 11.9 Å². The first-order chi connectivity index (χ1) is 9.31. The molecule has 0 radical (unpaired) electrons. The number of nitriles is 1. The highest BCUT2D eigenvalue weighted by Gasteiger charge is 2.34. The van der Waals surface area contributed by atoms with Crippen LogP contribution in [0, 0.1) is 11.3 Å². The Morgan fingerprint density at radius 1 is 1.30 bits per heavy atom. The van der Waals surface area contributed by atoms with Crippen LogP contribution in [0.3, 0.4) is 0 Å². The molecule has 0 aliphatic heterocycles. The van der Waals surface area contributed by atoms with Gasteiger partial charge in [0.25, 0.3) is 11.8 Å². The lowest BCUT2D eigenvalue weighted by Gasteiger charge is -2.14. The molecule has 0 unspecified atom stereocenters. The van der Waals surface area contributed by atoms with Crippen molar-refractivity contribution in [2.75, 3.05) is 19.0 Å².